The lowest BCUT2D eigenvalue weighted by molar-refractivity contribution is 0.0527. The number of fused-ring (bicyclic) bond motifs is 1. The van der Waals surface area contributed by atoms with Gasteiger partial charge in [0.25, 0.3) is 0 Å². The topological polar surface area (TPSA) is 75.0 Å². The highest BCUT2D eigenvalue weighted by Gasteiger charge is 2.18. The molecule has 0 saturated heterocycles. The van der Waals surface area contributed by atoms with E-state index in [4.69, 9.17) is 4.74 Å². The number of nitrogens with zero attached hydrogens (tertiary/aromatic N) is 2. The molecule has 0 fully saturated rings. The zero-order valence-electron chi connectivity index (χ0n) is 15.0. The minimum absolute atomic E-state index is 0.276. The molecule has 2 aromatic carbocycles. The summed E-state index contributed by atoms with van der Waals surface area (Å²) in [6.07, 6.45) is 1.47. The summed E-state index contributed by atoms with van der Waals surface area (Å²) < 4.78 is 5.18. The molecule has 0 saturated carbocycles. The molecule has 3 aromatic rings. The van der Waals surface area contributed by atoms with Crippen molar-refractivity contribution in [1.82, 2.24) is 4.98 Å². The quantitative estimate of drug-likeness (QED) is 0.697. The molecular formula is C21H19N3O2. The summed E-state index contributed by atoms with van der Waals surface area (Å²) in [6.45, 7) is 6.09. The molecule has 0 aliphatic carbocycles. The molecule has 5 nitrogen and oxygen atoms in total. The Morgan fingerprint density at radius 2 is 2.00 bits per heavy atom. The van der Waals surface area contributed by atoms with Crippen molar-refractivity contribution in [2.75, 3.05) is 11.9 Å². The lowest BCUT2D eigenvalue weighted by atomic mass is 10.0. The third-order valence-corrected chi connectivity index (χ3v) is 4.38. The first-order valence-electron chi connectivity index (χ1n) is 8.39. The molecule has 0 amide bonds. The number of carbonyl (C=O) groups is 1. The molecule has 0 aliphatic heterocycles. The van der Waals surface area contributed by atoms with Gasteiger partial charge in [0, 0.05) is 17.3 Å². The van der Waals surface area contributed by atoms with Gasteiger partial charge in [-0.15, -0.1) is 0 Å². The fourth-order valence-corrected chi connectivity index (χ4v) is 2.83. The second-order valence-corrected chi connectivity index (χ2v) is 5.95. The average molecular weight is 345 g/mol. The Bertz CT molecular complexity index is 1040. The Hall–Kier alpha value is -3.39. The Kier molecular flexibility index (Phi) is 4.85. The Morgan fingerprint density at radius 1 is 1.23 bits per heavy atom. The van der Waals surface area contributed by atoms with Crippen molar-refractivity contribution < 1.29 is 9.53 Å². The molecule has 0 spiro atoms. The van der Waals surface area contributed by atoms with E-state index in [0.717, 1.165) is 16.8 Å². The van der Waals surface area contributed by atoms with Gasteiger partial charge in [0.2, 0.25) is 0 Å². The van der Waals surface area contributed by atoms with Crippen LogP contribution in [0.25, 0.3) is 10.9 Å². The molecule has 0 atom stereocenters. The highest BCUT2D eigenvalue weighted by molar-refractivity contribution is 6.07. The van der Waals surface area contributed by atoms with Crippen molar-refractivity contribution in [1.29, 1.82) is 5.26 Å². The van der Waals surface area contributed by atoms with E-state index in [-0.39, 0.29) is 6.61 Å². The van der Waals surface area contributed by atoms with Crippen LogP contribution in [0.2, 0.25) is 0 Å². The minimum Gasteiger partial charge on any atom is -0.462 e. The molecule has 0 unspecified atom stereocenters. The summed E-state index contributed by atoms with van der Waals surface area (Å²) in [6, 6.07) is 13.4. The monoisotopic (exact) mass is 345 g/mol. The van der Waals surface area contributed by atoms with Crippen molar-refractivity contribution >= 4 is 28.2 Å². The summed E-state index contributed by atoms with van der Waals surface area (Å²) in [5.41, 5.74) is 5.07. The number of hydrogen-bond donors (Lipinski definition) is 1. The van der Waals surface area contributed by atoms with Crippen LogP contribution in [0, 0.1) is 25.2 Å². The molecule has 3 rings (SSSR count). The summed E-state index contributed by atoms with van der Waals surface area (Å²) in [7, 11) is 0. The third-order valence-electron chi connectivity index (χ3n) is 4.38. The molecule has 5 heteroatoms. The first kappa shape index (κ1) is 17.4. The van der Waals surface area contributed by atoms with E-state index in [1.54, 1.807) is 19.1 Å². The maximum absolute atomic E-state index is 12.4. The van der Waals surface area contributed by atoms with Crippen molar-refractivity contribution in [3.8, 4) is 6.07 Å². The zero-order chi connectivity index (χ0) is 18.7. The summed E-state index contributed by atoms with van der Waals surface area (Å²) in [5, 5.41) is 13.4. The standard InChI is InChI=1S/C21H19N3O2/c1-4-26-21(25)17-12-23-19-15(11-22)8-6-9-16(19)20(17)24-18-10-5-7-13(2)14(18)3/h5-10,12H,4H2,1-3H3,(H,23,24). The van der Waals surface area contributed by atoms with Gasteiger partial charge in [0.15, 0.2) is 0 Å². The van der Waals surface area contributed by atoms with E-state index >= 15 is 0 Å². The number of para-hydroxylation sites is 1. The summed E-state index contributed by atoms with van der Waals surface area (Å²) in [4.78, 5) is 16.8. The van der Waals surface area contributed by atoms with Gasteiger partial charge < -0.3 is 10.1 Å². The van der Waals surface area contributed by atoms with Crippen molar-refractivity contribution in [2.24, 2.45) is 0 Å². The summed E-state index contributed by atoms with van der Waals surface area (Å²) in [5.74, 6) is -0.447. The molecular weight excluding hydrogens is 326 g/mol. The maximum Gasteiger partial charge on any atom is 0.341 e. The van der Waals surface area contributed by atoms with Gasteiger partial charge in [-0.1, -0.05) is 24.3 Å². The van der Waals surface area contributed by atoms with Crippen LogP contribution in [-0.2, 0) is 4.74 Å². The van der Waals surface area contributed by atoms with E-state index in [1.807, 2.05) is 38.1 Å². The van der Waals surface area contributed by atoms with Crippen LogP contribution < -0.4 is 5.32 Å². The average Bonchev–Trinajstić information content (AvgIpc) is 2.65. The number of esters is 1. The van der Waals surface area contributed by atoms with Crippen LogP contribution in [-0.4, -0.2) is 17.6 Å². The molecule has 1 aromatic heterocycles. The van der Waals surface area contributed by atoms with Crippen LogP contribution in [0.15, 0.2) is 42.6 Å². The first-order chi connectivity index (χ1) is 12.6. The number of ether oxygens (including phenoxy) is 1. The molecule has 130 valence electrons. The summed E-state index contributed by atoms with van der Waals surface area (Å²) >= 11 is 0. The lowest BCUT2D eigenvalue weighted by Gasteiger charge is -2.16. The number of nitriles is 1. The highest BCUT2D eigenvalue weighted by atomic mass is 16.5. The second-order valence-electron chi connectivity index (χ2n) is 5.95. The van der Waals surface area contributed by atoms with Crippen molar-refractivity contribution in [3.63, 3.8) is 0 Å². The number of anilines is 2. The molecule has 0 bridgehead atoms. The largest absolute Gasteiger partial charge is 0.462 e. The number of nitrogens with one attached hydrogen (secondary N) is 1. The van der Waals surface area contributed by atoms with Crippen LogP contribution in [0.3, 0.4) is 0 Å². The Morgan fingerprint density at radius 3 is 2.73 bits per heavy atom. The molecule has 26 heavy (non-hydrogen) atoms. The second kappa shape index (κ2) is 7.24. The van der Waals surface area contributed by atoms with Gasteiger partial charge >= 0.3 is 5.97 Å². The predicted octanol–water partition coefficient (Wildman–Crippen LogP) is 4.64. The highest BCUT2D eigenvalue weighted by Crippen LogP contribution is 2.32. The van der Waals surface area contributed by atoms with Gasteiger partial charge in [-0.05, 0) is 44.0 Å². The van der Waals surface area contributed by atoms with Crippen LogP contribution in [0.5, 0.6) is 0 Å². The van der Waals surface area contributed by atoms with E-state index in [1.165, 1.54) is 6.20 Å². The zero-order valence-corrected chi connectivity index (χ0v) is 15.0. The van der Waals surface area contributed by atoms with Gasteiger partial charge in [0.05, 0.1) is 23.4 Å². The van der Waals surface area contributed by atoms with Crippen LogP contribution in [0.4, 0.5) is 11.4 Å². The smallest absolute Gasteiger partial charge is 0.341 e. The van der Waals surface area contributed by atoms with Gasteiger partial charge in [-0.3, -0.25) is 4.98 Å². The number of benzene rings is 2. The molecule has 1 N–H and O–H groups in total. The third kappa shape index (κ3) is 3.09. The van der Waals surface area contributed by atoms with Gasteiger partial charge in [-0.2, -0.15) is 5.26 Å². The number of pyridine rings is 1. The van der Waals surface area contributed by atoms with Crippen molar-refractivity contribution in [3.05, 3.63) is 64.8 Å². The first-order valence-corrected chi connectivity index (χ1v) is 8.39. The number of rotatable bonds is 4. The van der Waals surface area contributed by atoms with Crippen LogP contribution in [0.1, 0.15) is 34.0 Å². The minimum atomic E-state index is -0.447. The number of aryl methyl sites for hydroxylation is 1. The lowest BCUT2D eigenvalue weighted by Crippen LogP contribution is -2.10. The molecule has 0 radical (unpaired) electrons. The molecule has 0 aliphatic rings. The fraction of sp³-hybridized carbons (Fsp3) is 0.190. The number of hydrogen-bond acceptors (Lipinski definition) is 5. The SMILES string of the molecule is CCOC(=O)c1cnc2c(C#N)cccc2c1Nc1cccc(C)c1C. The van der Waals surface area contributed by atoms with E-state index in [9.17, 15) is 10.1 Å². The Labute approximate surface area is 152 Å². The van der Waals surface area contributed by atoms with E-state index in [2.05, 4.69) is 16.4 Å². The van der Waals surface area contributed by atoms with E-state index in [0.29, 0.717) is 27.7 Å². The fourth-order valence-electron chi connectivity index (χ4n) is 2.83. The maximum atomic E-state index is 12.4. The van der Waals surface area contributed by atoms with Crippen molar-refractivity contribution in [2.45, 2.75) is 20.8 Å². The predicted molar refractivity (Wildman–Crippen MR) is 102 cm³/mol. The Balaban J connectivity index is 2.25. The van der Waals surface area contributed by atoms with E-state index < -0.39 is 5.97 Å². The van der Waals surface area contributed by atoms with Gasteiger partial charge in [0.1, 0.15) is 11.6 Å². The normalized spacial score (nSPS) is 10.4. The number of aromatic nitrogens is 1. The number of carbonyl (C=O) groups excluding carboxylic acids is 1. The van der Waals surface area contributed by atoms with Crippen LogP contribution >= 0.6 is 0 Å². The van der Waals surface area contributed by atoms with Gasteiger partial charge in [-0.25, -0.2) is 4.79 Å². The molecule has 1 heterocycles.